The van der Waals surface area contributed by atoms with Gasteiger partial charge in [0.2, 0.25) is 6.79 Å². The lowest BCUT2D eigenvalue weighted by Crippen LogP contribution is -2.28. The van der Waals surface area contributed by atoms with Crippen LogP contribution >= 0.6 is 0 Å². The zero-order valence-electron chi connectivity index (χ0n) is 19.1. The Labute approximate surface area is 203 Å². The van der Waals surface area contributed by atoms with E-state index in [4.69, 9.17) is 13.9 Å². The van der Waals surface area contributed by atoms with Crippen LogP contribution in [0.5, 0.6) is 11.5 Å². The number of nitrogens with one attached hydrogen (secondary N) is 1. The number of halogens is 1. The highest BCUT2D eigenvalue weighted by Gasteiger charge is 2.19. The molecule has 0 saturated heterocycles. The Morgan fingerprint density at radius 2 is 1.86 bits per heavy atom. The molecule has 3 aromatic heterocycles. The van der Waals surface area contributed by atoms with Gasteiger partial charge in [-0.05, 0) is 52.4 Å². The summed E-state index contributed by atoms with van der Waals surface area (Å²) in [6, 6.07) is 15.4. The molecule has 36 heavy (non-hydrogen) atoms. The summed E-state index contributed by atoms with van der Waals surface area (Å²) < 4.78 is 31.4. The van der Waals surface area contributed by atoms with E-state index in [1.54, 1.807) is 29.1 Å². The molecule has 182 valence electrons. The Hall–Kier alpha value is -4.51. The van der Waals surface area contributed by atoms with Crippen LogP contribution in [0.25, 0.3) is 10.9 Å². The minimum Gasteiger partial charge on any atom is -0.468 e. The molecule has 0 atom stereocenters. The van der Waals surface area contributed by atoms with Crippen molar-refractivity contribution in [3.8, 4) is 11.5 Å². The van der Waals surface area contributed by atoms with Gasteiger partial charge in [-0.3, -0.25) is 9.69 Å². The second-order valence-electron chi connectivity index (χ2n) is 8.52. The van der Waals surface area contributed by atoms with Gasteiger partial charge in [0.15, 0.2) is 17.3 Å². The summed E-state index contributed by atoms with van der Waals surface area (Å²) in [5, 5.41) is 13.0. The average molecular weight is 488 g/mol. The lowest BCUT2D eigenvalue weighted by molar-refractivity contribution is 0.174. The number of benzene rings is 2. The van der Waals surface area contributed by atoms with Crippen molar-refractivity contribution in [1.29, 1.82) is 0 Å². The zero-order valence-corrected chi connectivity index (χ0v) is 19.1. The molecule has 0 radical (unpaired) electrons. The van der Waals surface area contributed by atoms with Gasteiger partial charge in [0.25, 0.3) is 5.56 Å². The molecule has 0 aliphatic carbocycles. The summed E-state index contributed by atoms with van der Waals surface area (Å²) in [4.78, 5) is 17.9. The molecule has 10 nitrogen and oxygen atoms in total. The fraction of sp³-hybridized carbons (Fsp3) is 0.200. The van der Waals surface area contributed by atoms with Crippen LogP contribution in [0.2, 0.25) is 0 Å². The number of rotatable bonds is 8. The van der Waals surface area contributed by atoms with Crippen molar-refractivity contribution in [2.24, 2.45) is 0 Å². The molecule has 0 bridgehead atoms. The Bertz CT molecular complexity index is 1560. The molecule has 1 aliphatic heterocycles. The summed E-state index contributed by atoms with van der Waals surface area (Å²) in [7, 11) is 0. The highest BCUT2D eigenvalue weighted by atomic mass is 19.1. The smallest absolute Gasteiger partial charge is 0.252 e. The van der Waals surface area contributed by atoms with Crippen LogP contribution in [0.15, 0.2) is 70.1 Å². The van der Waals surface area contributed by atoms with Gasteiger partial charge < -0.3 is 18.9 Å². The molecule has 5 aromatic rings. The summed E-state index contributed by atoms with van der Waals surface area (Å²) in [6.45, 7) is 1.67. The third-order valence-corrected chi connectivity index (χ3v) is 5.98. The molecule has 0 unspecified atom stereocenters. The van der Waals surface area contributed by atoms with Crippen molar-refractivity contribution in [3.63, 3.8) is 0 Å². The van der Waals surface area contributed by atoms with E-state index in [1.165, 1.54) is 12.1 Å². The molecule has 4 heterocycles. The van der Waals surface area contributed by atoms with Gasteiger partial charge in [-0.2, -0.15) is 0 Å². The maximum absolute atomic E-state index is 13.3. The van der Waals surface area contributed by atoms with E-state index in [9.17, 15) is 9.18 Å². The summed E-state index contributed by atoms with van der Waals surface area (Å²) >= 11 is 0. The third kappa shape index (κ3) is 4.56. The number of fused-ring (bicyclic) bond motifs is 2. The van der Waals surface area contributed by atoms with E-state index >= 15 is 0 Å². The summed E-state index contributed by atoms with van der Waals surface area (Å²) in [6.07, 6.45) is 1.61. The largest absolute Gasteiger partial charge is 0.468 e. The zero-order chi connectivity index (χ0) is 24.5. The van der Waals surface area contributed by atoms with Crippen LogP contribution in [-0.2, 0) is 26.2 Å². The normalized spacial score (nSPS) is 12.6. The van der Waals surface area contributed by atoms with Crippen molar-refractivity contribution in [2.75, 3.05) is 6.79 Å². The first kappa shape index (κ1) is 22.0. The van der Waals surface area contributed by atoms with E-state index in [0.717, 1.165) is 16.7 Å². The molecule has 0 saturated carbocycles. The first-order chi connectivity index (χ1) is 17.6. The second-order valence-corrected chi connectivity index (χ2v) is 8.52. The van der Waals surface area contributed by atoms with Gasteiger partial charge in [0, 0.05) is 23.6 Å². The minimum atomic E-state index is -0.301. The molecular formula is C25H21FN6O4. The average Bonchev–Trinajstić information content (AvgIpc) is 3.63. The Morgan fingerprint density at radius 1 is 1.03 bits per heavy atom. The molecule has 0 fully saturated rings. The number of pyridine rings is 1. The Morgan fingerprint density at radius 3 is 2.67 bits per heavy atom. The van der Waals surface area contributed by atoms with Crippen LogP contribution in [0.4, 0.5) is 4.39 Å². The Kier molecular flexibility index (Phi) is 5.66. The number of tetrazole rings is 1. The fourth-order valence-corrected chi connectivity index (χ4v) is 4.21. The number of aromatic nitrogens is 5. The van der Waals surface area contributed by atoms with Gasteiger partial charge in [0.05, 0.1) is 31.4 Å². The highest BCUT2D eigenvalue weighted by Crippen LogP contribution is 2.35. The number of nitrogens with zero attached hydrogens (tertiary/aromatic N) is 5. The molecule has 1 N–H and O–H groups in total. The maximum Gasteiger partial charge on any atom is 0.252 e. The van der Waals surface area contributed by atoms with E-state index < -0.39 is 0 Å². The van der Waals surface area contributed by atoms with Gasteiger partial charge in [0.1, 0.15) is 11.6 Å². The van der Waals surface area contributed by atoms with Gasteiger partial charge in [-0.15, -0.1) is 5.10 Å². The Balaban J connectivity index is 1.28. The molecule has 0 amide bonds. The predicted molar refractivity (Wildman–Crippen MR) is 126 cm³/mol. The standard InChI is InChI=1S/C25H21FN6O4/c26-19-5-3-16(4-6-19)11-32-24(28-29-30-32)14-31(13-20-2-1-7-34-20)12-18-8-17-9-22-23(36-15-35-22)10-21(17)27-25(18)33/h1-10H,11-15H2,(H,27,33). The molecule has 11 heteroatoms. The van der Waals surface area contributed by atoms with E-state index in [0.29, 0.717) is 54.6 Å². The van der Waals surface area contributed by atoms with Gasteiger partial charge in [-0.25, -0.2) is 9.07 Å². The fourth-order valence-electron chi connectivity index (χ4n) is 4.21. The van der Waals surface area contributed by atoms with Crippen molar-refractivity contribution in [1.82, 2.24) is 30.1 Å². The van der Waals surface area contributed by atoms with Crippen molar-refractivity contribution < 1.29 is 18.3 Å². The number of hydrogen-bond donors (Lipinski definition) is 1. The van der Waals surface area contributed by atoms with Crippen molar-refractivity contribution in [3.05, 3.63) is 99.7 Å². The molecule has 1 aliphatic rings. The van der Waals surface area contributed by atoms with E-state index in [1.807, 2.05) is 29.2 Å². The molecule has 2 aromatic carbocycles. The van der Waals surface area contributed by atoms with Gasteiger partial charge >= 0.3 is 0 Å². The van der Waals surface area contributed by atoms with Crippen molar-refractivity contribution in [2.45, 2.75) is 26.2 Å². The molecule has 0 spiro atoms. The predicted octanol–water partition coefficient (Wildman–Crippen LogP) is 3.23. The number of furan rings is 1. The number of H-pyrrole nitrogens is 1. The van der Waals surface area contributed by atoms with Crippen LogP contribution in [-0.4, -0.2) is 36.9 Å². The first-order valence-corrected chi connectivity index (χ1v) is 11.3. The monoisotopic (exact) mass is 488 g/mol. The van der Waals surface area contributed by atoms with Gasteiger partial charge in [-0.1, -0.05) is 12.1 Å². The first-order valence-electron chi connectivity index (χ1n) is 11.3. The van der Waals surface area contributed by atoms with E-state index in [2.05, 4.69) is 20.5 Å². The number of hydrogen-bond acceptors (Lipinski definition) is 8. The van der Waals surface area contributed by atoms with Crippen LogP contribution in [0.3, 0.4) is 0 Å². The maximum atomic E-state index is 13.3. The summed E-state index contributed by atoms with van der Waals surface area (Å²) in [5.41, 5.74) is 1.92. The highest BCUT2D eigenvalue weighted by molar-refractivity contribution is 5.83. The molecular weight excluding hydrogens is 467 g/mol. The lowest BCUT2D eigenvalue weighted by Gasteiger charge is -2.20. The SMILES string of the molecule is O=c1[nH]c2cc3c(cc2cc1CN(Cc1ccco1)Cc1nnnn1Cc1ccc(F)cc1)OCO3. The van der Waals surface area contributed by atoms with Crippen molar-refractivity contribution >= 4 is 10.9 Å². The second kappa shape index (κ2) is 9.27. The van der Waals surface area contributed by atoms with E-state index in [-0.39, 0.29) is 18.2 Å². The summed E-state index contributed by atoms with van der Waals surface area (Å²) in [5.74, 6) is 2.30. The number of ether oxygens (including phenoxy) is 2. The number of aromatic amines is 1. The third-order valence-electron chi connectivity index (χ3n) is 5.98. The van der Waals surface area contributed by atoms with Crippen LogP contribution < -0.4 is 15.0 Å². The molecule has 6 rings (SSSR count). The topological polar surface area (TPSA) is 111 Å². The van der Waals surface area contributed by atoms with Crippen LogP contribution in [0, 0.1) is 5.82 Å². The minimum absolute atomic E-state index is 0.159. The van der Waals surface area contributed by atoms with Crippen LogP contribution in [0.1, 0.15) is 22.7 Å². The quantitative estimate of drug-likeness (QED) is 0.354. The lowest BCUT2D eigenvalue weighted by atomic mass is 10.1.